The van der Waals surface area contributed by atoms with Crippen molar-refractivity contribution in [2.45, 2.75) is 45.8 Å². The van der Waals surface area contributed by atoms with Gasteiger partial charge in [-0.15, -0.1) is 0 Å². The summed E-state index contributed by atoms with van der Waals surface area (Å²) in [6, 6.07) is 1.61. The Hall–Kier alpha value is -1.69. The van der Waals surface area contributed by atoms with E-state index in [0.717, 1.165) is 0 Å². The fourth-order valence-corrected chi connectivity index (χ4v) is 1.85. The van der Waals surface area contributed by atoms with E-state index in [1.807, 2.05) is 0 Å². The molecule has 1 aromatic heterocycles. The molecule has 1 amide bonds. The van der Waals surface area contributed by atoms with Crippen LogP contribution in [0.3, 0.4) is 0 Å². The first-order chi connectivity index (χ1) is 9.49. The highest BCUT2D eigenvalue weighted by molar-refractivity contribution is 6.28. The summed E-state index contributed by atoms with van der Waals surface area (Å²) >= 11 is 5.83. The Morgan fingerprint density at radius 2 is 1.90 bits per heavy atom. The highest BCUT2D eigenvalue weighted by atomic mass is 35.5. The number of aldehydes is 1. The van der Waals surface area contributed by atoms with E-state index in [9.17, 15) is 9.59 Å². The van der Waals surface area contributed by atoms with E-state index in [0.29, 0.717) is 17.7 Å². The van der Waals surface area contributed by atoms with Crippen LogP contribution in [0, 0.1) is 6.92 Å². The molecule has 0 bridgehead atoms. The van der Waals surface area contributed by atoms with Crippen LogP contribution in [0.1, 0.15) is 39.1 Å². The summed E-state index contributed by atoms with van der Waals surface area (Å²) in [4.78, 5) is 33.0. The van der Waals surface area contributed by atoms with Crippen molar-refractivity contribution in [1.82, 2.24) is 14.9 Å². The van der Waals surface area contributed by atoms with Crippen LogP contribution in [0.4, 0.5) is 4.79 Å². The first-order valence-corrected chi connectivity index (χ1v) is 6.82. The van der Waals surface area contributed by atoms with Crippen molar-refractivity contribution in [3.05, 3.63) is 22.7 Å². The molecule has 116 valence electrons. The second-order valence-electron chi connectivity index (χ2n) is 5.97. The molecule has 1 unspecified atom stereocenters. The number of aromatic nitrogens is 2. The van der Waals surface area contributed by atoms with Gasteiger partial charge in [0.15, 0.2) is 6.29 Å². The molecule has 1 rings (SSSR count). The maximum absolute atomic E-state index is 12.2. The average Bonchev–Trinajstić information content (AvgIpc) is 2.33. The Labute approximate surface area is 129 Å². The van der Waals surface area contributed by atoms with Gasteiger partial charge in [-0.25, -0.2) is 14.8 Å². The van der Waals surface area contributed by atoms with Crippen LogP contribution in [0.15, 0.2) is 6.07 Å². The van der Waals surface area contributed by atoms with Crippen LogP contribution in [0.25, 0.3) is 0 Å². The fourth-order valence-electron chi connectivity index (χ4n) is 1.62. The second-order valence-corrected chi connectivity index (χ2v) is 6.31. The second kappa shape index (κ2) is 5.97. The van der Waals surface area contributed by atoms with E-state index < -0.39 is 17.2 Å². The summed E-state index contributed by atoms with van der Waals surface area (Å²) in [7, 11) is 1.48. The normalized spacial score (nSPS) is 14.2. The summed E-state index contributed by atoms with van der Waals surface area (Å²) in [5.74, 6) is 0. The van der Waals surface area contributed by atoms with Gasteiger partial charge in [0.05, 0.1) is 5.69 Å². The summed E-state index contributed by atoms with van der Waals surface area (Å²) in [6.07, 6.45) is 0.0131. The standard InChI is InChI=1S/C14H20ClN3O3/c1-9-7-10(17-11(15)16-9)14(5,8-19)18(6)12(20)21-13(2,3)4/h7-8H,1-6H3. The maximum Gasteiger partial charge on any atom is 0.411 e. The molecule has 6 nitrogen and oxygen atoms in total. The van der Waals surface area contributed by atoms with Gasteiger partial charge in [-0.1, -0.05) is 0 Å². The molecule has 7 heteroatoms. The molecule has 0 saturated carbocycles. The third-order valence-electron chi connectivity index (χ3n) is 2.94. The molecule has 0 radical (unpaired) electrons. The fraction of sp³-hybridized carbons (Fsp3) is 0.571. The SMILES string of the molecule is Cc1cc(C(C)(C=O)N(C)C(=O)OC(C)(C)C)nc(Cl)n1. The quantitative estimate of drug-likeness (QED) is 0.633. The molecule has 1 heterocycles. The van der Waals surface area contributed by atoms with E-state index in [-0.39, 0.29) is 5.28 Å². The van der Waals surface area contributed by atoms with Crippen LogP contribution < -0.4 is 0 Å². The summed E-state index contributed by atoms with van der Waals surface area (Å²) < 4.78 is 5.28. The molecule has 0 aliphatic carbocycles. The van der Waals surface area contributed by atoms with Gasteiger partial charge < -0.3 is 9.53 Å². The summed E-state index contributed by atoms with van der Waals surface area (Å²) in [6.45, 7) is 8.56. The van der Waals surface area contributed by atoms with Crippen molar-refractivity contribution < 1.29 is 14.3 Å². The number of rotatable bonds is 3. The van der Waals surface area contributed by atoms with Gasteiger partial charge in [0.2, 0.25) is 5.28 Å². The number of amides is 1. The molecule has 0 aromatic carbocycles. The minimum Gasteiger partial charge on any atom is -0.444 e. The van der Waals surface area contributed by atoms with Gasteiger partial charge >= 0.3 is 6.09 Å². The van der Waals surface area contributed by atoms with E-state index >= 15 is 0 Å². The van der Waals surface area contributed by atoms with Gasteiger partial charge in [-0.2, -0.15) is 0 Å². The highest BCUT2D eigenvalue weighted by Gasteiger charge is 2.38. The molecule has 0 N–H and O–H groups in total. The molecular formula is C14H20ClN3O3. The van der Waals surface area contributed by atoms with Gasteiger partial charge in [-0.3, -0.25) is 4.90 Å². The summed E-state index contributed by atoms with van der Waals surface area (Å²) in [5, 5.41) is 0.0238. The number of likely N-dealkylation sites (N-methyl/N-ethyl adjacent to an activating group) is 1. The van der Waals surface area contributed by atoms with E-state index in [4.69, 9.17) is 16.3 Å². The molecule has 21 heavy (non-hydrogen) atoms. The summed E-state index contributed by atoms with van der Waals surface area (Å²) in [5.41, 5.74) is -1.01. The number of hydrogen-bond donors (Lipinski definition) is 0. The number of nitrogens with zero attached hydrogens (tertiary/aromatic N) is 3. The number of ether oxygens (including phenoxy) is 1. The van der Waals surface area contributed by atoms with Crippen molar-refractivity contribution in [2.24, 2.45) is 0 Å². The first-order valence-electron chi connectivity index (χ1n) is 6.44. The molecule has 1 atom stereocenters. The van der Waals surface area contributed by atoms with Gasteiger partial charge in [0.25, 0.3) is 0 Å². The molecule has 0 aliphatic rings. The number of aryl methyl sites for hydroxylation is 1. The van der Waals surface area contributed by atoms with Crippen LogP contribution >= 0.6 is 11.6 Å². The Morgan fingerprint density at radius 3 is 2.33 bits per heavy atom. The zero-order valence-electron chi connectivity index (χ0n) is 13.1. The average molecular weight is 314 g/mol. The topological polar surface area (TPSA) is 72.4 Å². The van der Waals surface area contributed by atoms with Crippen molar-refractivity contribution in [2.75, 3.05) is 7.05 Å². The van der Waals surface area contributed by atoms with Crippen molar-refractivity contribution in [3.8, 4) is 0 Å². The van der Waals surface area contributed by atoms with Gasteiger partial charge in [-0.05, 0) is 52.3 Å². The molecule has 1 aromatic rings. The minimum atomic E-state index is -1.29. The number of carbonyl (C=O) groups excluding carboxylic acids is 2. The Kier molecular flexibility index (Phi) is 4.94. The number of halogens is 1. The molecular weight excluding hydrogens is 294 g/mol. The van der Waals surface area contributed by atoms with E-state index in [2.05, 4.69) is 9.97 Å². The number of hydrogen-bond acceptors (Lipinski definition) is 5. The van der Waals surface area contributed by atoms with Crippen molar-refractivity contribution >= 4 is 24.0 Å². The minimum absolute atomic E-state index is 0.0238. The largest absolute Gasteiger partial charge is 0.444 e. The predicted molar refractivity (Wildman–Crippen MR) is 79.2 cm³/mol. The molecule has 0 spiro atoms. The lowest BCUT2D eigenvalue weighted by Crippen LogP contribution is -2.48. The third-order valence-corrected chi connectivity index (χ3v) is 3.11. The Morgan fingerprint density at radius 1 is 1.33 bits per heavy atom. The number of carbonyl (C=O) groups is 2. The molecule has 0 aliphatic heterocycles. The van der Waals surface area contributed by atoms with Crippen LogP contribution in [-0.2, 0) is 15.1 Å². The van der Waals surface area contributed by atoms with Crippen LogP contribution in [0.5, 0.6) is 0 Å². The zero-order valence-corrected chi connectivity index (χ0v) is 13.9. The van der Waals surface area contributed by atoms with Gasteiger partial charge in [0, 0.05) is 12.7 Å². The monoisotopic (exact) mass is 313 g/mol. The lowest BCUT2D eigenvalue weighted by molar-refractivity contribution is -0.117. The van der Waals surface area contributed by atoms with Crippen LogP contribution in [-0.4, -0.2) is 39.9 Å². The molecule has 0 saturated heterocycles. The molecule has 0 fully saturated rings. The lowest BCUT2D eigenvalue weighted by Gasteiger charge is -2.35. The Bertz CT molecular complexity index is 537. The van der Waals surface area contributed by atoms with E-state index in [1.165, 1.54) is 11.9 Å². The van der Waals surface area contributed by atoms with Crippen molar-refractivity contribution in [1.29, 1.82) is 0 Å². The first kappa shape index (κ1) is 17.4. The maximum atomic E-state index is 12.2. The smallest absolute Gasteiger partial charge is 0.411 e. The predicted octanol–water partition coefficient (Wildman–Crippen LogP) is 2.72. The zero-order chi connectivity index (χ0) is 16.4. The van der Waals surface area contributed by atoms with Crippen LogP contribution in [0.2, 0.25) is 5.28 Å². The van der Waals surface area contributed by atoms with E-state index in [1.54, 1.807) is 40.7 Å². The highest BCUT2D eigenvalue weighted by Crippen LogP contribution is 2.26. The third kappa shape index (κ3) is 4.14. The lowest BCUT2D eigenvalue weighted by atomic mass is 9.97. The van der Waals surface area contributed by atoms with Crippen molar-refractivity contribution in [3.63, 3.8) is 0 Å². The Balaban J connectivity index is 3.19. The van der Waals surface area contributed by atoms with Gasteiger partial charge in [0.1, 0.15) is 11.1 Å².